The molecule has 1 atom stereocenters. The van der Waals surface area contributed by atoms with Crippen molar-refractivity contribution < 1.29 is 9.53 Å². The van der Waals surface area contributed by atoms with Gasteiger partial charge in [-0.15, -0.1) is 11.3 Å². The van der Waals surface area contributed by atoms with E-state index in [1.807, 2.05) is 6.92 Å². The van der Waals surface area contributed by atoms with Crippen molar-refractivity contribution in [3.63, 3.8) is 0 Å². The quantitative estimate of drug-likeness (QED) is 0.838. The second kappa shape index (κ2) is 4.97. The minimum atomic E-state index is 0.171. The number of aromatic nitrogens is 1. The van der Waals surface area contributed by atoms with Crippen LogP contribution < -0.4 is 0 Å². The van der Waals surface area contributed by atoms with Gasteiger partial charge >= 0.3 is 0 Å². The molecule has 0 radical (unpaired) electrons. The standard InChI is InChI=1S/C13H18N2O2S/c1-9-12(18-8-14-9)13(16)15(11-2-3-11)6-10-4-5-17-7-10/h8,10-11H,2-7H2,1H3. The van der Waals surface area contributed by atoms with Gasteiger partial charge in [0.05, 0.1) is 17.8 Å². The molecule has 5 heteroatoms. The van der Waals surface area contributed by atoms with Gasteiger partial charge in [0.1, 0.15) is 4.88 Å². The van der Waals surface area contributed by atoms with E-state index < -0.39 is 0 Å². The molecule has 0 aromatic carbocycles. The number of rotatable bonds is 4. The van der Waals surface area contributed by atoms with Gasteiger partial charge in [0.25, 0.3) is 5.91 Å². The minimum Gasteiger partial charge on any atom is -0.381 e. The Morgan fingerprint density at radius 1 is 1.56 bits per heavy atom. The fourth-order valence-corrected chi connectivity index (χ4v) is 3.18. The maximum Gasteiger partial charge on any atom is 0.266 e. The lowest BCUT2D eigenvalue weighted by Gasteiger charge is -2.24. The zero-order chi connectivity index (χ0) is 12.5. The van der Waals surface area contributed by atoms with Crippen molar-refractivity contribution in [1.82, 2.24) is 9.88 Å². The first-order chi connectivity index (χ1) is 8.75. The number of amides is 1. The first kappa shape index (κ1) is 12.1. The summed E-state index contributed by atoms with van der Waals surface area (Å²) < 4.78 is 5.40. The monoisotopic (exact) mass is 266 g/mol. The van der Waals surface area contributed by atoms with Gasteiger partial charge in [-0.1, -0.05) is 0 Å². The topological polar surface area (TPSA) is 42.4 Å². The molecule has 1 unspecified atom stereocenters. The first-order valence-corrected chi connectivity index (χ1v) is 7.42. The third-order valence-corrected chi connectivity index (χ3v) is 4.58. The number of carbonyl (C=O) groups excluding carboxylic acids is 1. The molecule has 3 rings (SSSR count). The Morgan fingerprint density at radius 3 is 2.94 bits per heavy atom. The second-order valence-corrected chi connectivity index (χ2v) is 6.04. The number of nitrogens with zero attached hydrogens (tertiary/aromatic N) is 2. The lowest BCUT2D eigenvalue weighted by atomic mass is 10.1. The predicted octanol–water partition coefficient (Wildman–Crippen LogP) is 2.09. The summed E-state index contributed by atoms with van der Waals surface area (Å²) in [5.41, 5.74) is 2.62. The normalized spacial score (nSPS) is 23.3. The SMILES string of the molecule is Cc1ncsc1C(=O)N(CC1CCOC1)C1CC1. The van der Waals surface area contributed by atoms with Crippen molar-refractivity contribution >= 4 is 17.2 Å². The Labute approximate surface area is 111 Å². The van der Waals surface area contributed by atoms with Gasteiger partial charge in [-0.05, 0) is 26.2 Å². The van der Waals surface area contributed by atoms with Gasteiger partial charge in [-0.25, -0.2) is 4.98 Å². The highest BCUT2D eigenvalue weighted by molar-refractivity contribution is 7.11. The number of ether oxygens (including phenoxy) is 1. The van der Waals surface area contributed by atoms with Crippen LogP contribution in [0.15, 0.2) is 5.51 Å². The van der Waals surface area contributed by atoms with E-state index in [9.17, 15) is 4.79 Å². The molecule has 1 saturated carbocycles. The van der Waals surface area contributed by atoms with Gasteiger partial charge in [-0.2, -0.15) is 0 Å². The molecule has 4 nitrogen and oxygen atoms in total. The Morgan fingerprint density at radius 2 is 2.39 bits per heavy atom. The Hall–Kier alpha value is -0.940. The molecule has 1 aliphatic carbocycles. The summed E-state index contributed by atoms with van der Waals surface area (Å²) >= 11 is 1.46. The molecular weight excluding hydrogens is 248 g/mol. The molecule has 1 saturated heterocycles. The first-order valence-electron chi connectivity index (χ1n) is 6.54. The van der Waals surface area contributed by atoms with Crippen LogP contribution in [0.5, 0.6) is 0 Å². The molecule has 2 heterocycles. The maximum absolute atomic E-state index is 12.6. The van der Waals surface area contributed by atoms with Crippen LogP contribution in [0.2, 0.25) is 0 Å². The molecule has 0 spiro atoms. The summed E-state index contributed by atoms with van der Waals surface area (Å²) in [5, 5.41) is 0. The molecule has 18 heavy (non-hydrogen) atoms. The highest BCUT2D eigenvalue weighted by atomic mass is 32.1. The third-order valence-electron chi connectivity index (χ3n) is 3.67. The molecule has 98 valence electrons. The van der Waals surface area contributed by atoms with Crippen LogP contribution in [0.4, 0.5) is 0 Å². The van der Waals surface area contributed by atoms with Crippen LogP contribution >= 0.6 is 11.3 Å². The van der Waals surface area contributed by atoms with Crippen LogP contribution in [-0.4, -0.2) is 41.6 Å². The fraction of sp³-hybridized carbons (Fsp3) is 0.692. The van der Waals surface area contributed by atoms with Crippen LogP contribution in [0, 0.1) is 12.8 Å². The molecule has 0 bridgehead atoms. The van der Waals surface area contributed by atoms with Crippen LogP contribution in [-0.2, 0) is 4.74 Å². The van der Waals surface area contributed by atoms with Crippen molar-refractivity contribution in [2.45, 2.75) is 32.2 Å². The Balaban J connectivity index is 1.73. The van der Waals surface area contributed by atoms with E-state index in [1.165, 1.54) is 11.3 Å². The summed E-state index contributed by atoms with van der Waals surface area (Å²) in [6.45, 7) is 4.41. The van der Waals surface area contributed by atoms with Gasteiger partial charge < -0.3 is 9.64 Å². The summed E-state index contributed by atoms with van der Waals surface area (Å²) in [6, 6.07) is 0.458. The zero-order valence-corrected chi connectivity index (χ0v) is 11.4. The van der Waals surface area contributed by atoms with Crippen molar-refractivity contribution in [3.05, 3.63) is 16.1 Å². The van der Waals surface area contributed by atoms with Crippen molar-refractivity contribution in [3.8, 4) is 0 Å². The summed E-state index contributed by atoms with van der Waals surface area (Å²) in [5.74, 6) is 0.687. The van der Waals surface area contributed by atoms with E-state index in [4.69, 9.17) is 4.74 Å². The highest BCUT2D eigenvalue weighted by Crippen LogP contribution is 2.31. The highest BCUT2D eigenvalue weighted by Gasteiger charge is 2.36. The Kier molecular flexibility index (Phi) is 3.35. The molecular formula is C13H18N2O2S. The van der Waals surface area contributed by atoms with E-state index in [1.54, 1.807) is 5.51 Å². The Bertz CT molecular complexity index is 436. The molecule has 2 aliphatic rings. The fourth-order valence-electron chi connectivity index (χ4n) is 2.43. The number of aryl methyl sites for hydroxylation is 1. The van der Waals surface area contributed by atoms with E-state index in [2.05, 4.69) is 9.88 Å². The average molecular weight is 266 g/mol. The molecule has 1 aromatic rings. The maximum atomic E-state index is 12.6. The largest absolute Gasteiger partial charge is 0.381 e. The minimum absolute atomic E-state index is 0.171. The second-order valence-electron chi connectivity index (χ2n) is 5.19. The summed E-state index contributed by atoms with van der Waals surface area (Å²) in [7, 11) is 0. The number of thiazole rings is 1. The van der Waals surface area contributed by atoms with Gasteiger partial charge in [-0.3, -0.25) is 4.79 Å². The smallest absolute Gasteiger partial charge is 0.266 e. The van der Waals surface area contributed by atoms with Crippen LogP contribution in [0.25, 0.3) is 0 Å². The van der Waals surface area contributed by atoms with E-state index in [0.717, 1.165) is 49.6 Å². The summed E-state index contributed by atoms with van der Waals surface area (Å²) in [4.78, 5) is 19.6. The van der Waals surface area contributed by atoms with E-state index in [-0.39, 0.29) is 5.91 Å². The number of hydrogen-bond donors (Lipinski definition) is 0. The number of hydrogen-bond acceptors (Lipinski definition) is 4. The van der Waals surface area contributed by atoms with Crippen molar-refractivity contribution in [1.29, 1.82) is 0 Å². The average Bonchev–Trinajstić information content (AvgIpc) is 2.89. The third kappa shape index (κ3) is 2.42. The summed E-state index contributed by atoms with van der Waals surface area (Å²) in [6.07, 6.45) is 3.38. The van der Waals surface area contributed by atoms with Gasteiger partial charge in [0.2, 0.25) is 0 Å². The van der Waals surface area contributed by atoms with Gasteiger partial charge in [0, 0.05) is 25.1 Å². The predicted molar refractivity (Wildman–Crippen MR) is 69.8 cm³/mol. The molecule has 2 fully saturated rings. The molecule has 0 N–H and O–H groups in total. The lowest BCUT2D eigenvalue weighted by molar-refractivity contribution is 0.0710. The zero-order valence-electron chi connectivity index (χ0n) is 10.6. The van der Waals surface area contributed by atoms with E-state index >= 15 is 0 Å². The molecule has 1 amide bonds. The van der Waals surface area contributed by atoms with Crippen molar-refractivity contribution in [2.24, 2.45) is 5.92 Å². The van der Waals surface area contributed by atoms with E-state index in [0.29, 0.717) is 12.0 Å². The van der Waals surface area contributed by atoms with Crippen LogP contribution in [0.1, 0.15) is 34.6 Å². The molecule has 1 aliphatic heterocycles. The molecule has 1 aromatic heterocycles. The van der Waals surface area contributed by atoms with Crippen LogP contribution in [0.3, 0.4) is 0 Å². The van der Waals surface area contributed by atoms with Gasteiger partial charge in [0.15, 0.2) is 0 Å². The number of carbonyl (C=O) groups is 1. The van der Waals surface area contributed by atoms with Crippen molar-refractivity contribution in [2.75, 3.05) is 19.8 Å². The lowest BCUT2D eigenvalue weighted by Crippen LogP contribution is -2.37.